The van der Waals surface area contributed by atoms with E-state index < -0.39 is 11.9 Å². The van der Waals surface area contributed by atoms with Crippen LogP contribution in [-0.4, -0.2) is 47.7 Å². The predicted molar refractivity (Wildman–Crippen MR) is 66.0 cm³/mol. The first kappa shape index (κ1) is 13.6. The first-order chi connectivity index (χ1) is 8.30. The fourth-order valence-electron chi connectivity index (χ4n) is 2.60. The van der Waals surface area contributed by atoms with Gasteiger partial charge in [-0.1, -0.05) is 0 Å². The van der Waals surface area contributed by atoms with E-state index in [4.69, 9.17) is 9.47 Å². The van der Waals surface area contributed by atoms with Crippen molar-refractivity contribution in [2.24, 2.45) is 5.41 Å². The molecule has 1 N–H and O–H groups in total. The SMILES string of the molecule is CC(C)(C)OC(=O)N1CCC2(CC1)COC(O)C2. The molecule has 1 atom stereocenters. The summed E-state index contributed by atoms with van der Waals surface area (Å²) in [5.74, 6) is 0. The van der Waals surface area contributed by atoms with Crippen molar-refractivity contribution in [3.8, 4) is 0 Å². The maximum Gasteiger partial charge on any atom is 0.410 e. The number of likely N-dealkylation sites (tertiary alicyclic amines) is 1. The average molecular weight is 257 g/mol. The van der Waals surface area contributed by atoms with Crippen molar-refractivity contribution in [2.75, 3.05) is 19.7 Å². The molecular formula is C13H23NO4. The van der Waals surface area contributed by atoms with Crippen molar-refractivity contribution in [2.45, 2.75) is 51.9 Å². The summed E-state index contributed by atoms with van der Waals surface area (Å²) in [5.41, 5.74) is -0.378. The predicted octanol–water partition coefficient (Wildman–Crippen LogP) is 1.74. The minimum absolute atomic E-state index is 0.0674. The lowest BCUT2D eigenvalue weighted by molar-refractivity contribution is -0.0601. The quantitative estimate of drug-likeness (QED) is 0.718. The third-order valence-electron chi connectivity index (χ3n) is 3.67. The highest BCUT2D eigenvalue weighted by Gasteiger charge is 2.43. The van der Waals surface area contributed by atoms with E-state index in [1.165, 1.54) is 0 Å². The third kappa shape index (κ3) is 3.14. The molecule has 5 heteroatoms. The Kier molecular flexibility index (Phi) is 3.56. The minimum Gasteiger partial charge on any atom is -0.444 e. The summed E-state index contributed by atoms with van der Waals surface area (Å²) in [6, 6.07) is 0. The third-order valence-corrected chi connectivity index (χ3v) is 3.67. The van der Waals surface area contributed by atoms with Gasteiger partial charge in [0, 0.05) is 24.9 Å². The van der Waals surface area contributed by atoms with Gasteiger partial charge in [-0.2, -0.15) is 0 Å². The van der Waals surface area contributed by atoms with Gasteiger partial charge >= 0.3 is 6.09 Å². The number of ether oxygens (including phenoxy) is 2. The zero-order valence-corrected chi connectivity index (χ0v) is 11.4. The topological polar surface area (TPSA) is 59.0 Å². The standard InChI is InChI=1S/C13H23NO4/c1-12(2,3)18-11(16)14-6-4-13(5-7-14)8-10(15)17-9-13/h10,15H,4-9H2,1-3H3. The van der Waals surface area contributed by atoms with Crippen molar-refractivity contribution >= 4 is 6.09 Å². The fourth-order valence-corrected chi connectivity index (χ4v) is 2.60. The van der Waals surface area contributed by atoms with Gasteiger partial charge in [-0.05, 0) is 33.6 Å². The smallest absolute Gasteiger partial charge is 0.410 e. The zero-order valence-electron chi connectivity index (χ0n) is 11.4. The molecular weight excluding hydrogens is 234 g/mol. The van der Waals surface area contributed by atoms with Crippen molar-refractivity contribution in [1.29, 1.82) is 0 Å². The number of aliphatic hydroxyl groups excluding tert-OH is 1. The van der Waals surface area contributed by atoms with Crippen LogP contribution in [0.5, 0.6) is 0 Å². The Hall–Kier alpha value is -0.810. The van der Waals surface area contributed by atoms with Gasteiger partial charge in [-0.3, -0.25) is 0 Å². The number of piperidine rings is 1. The Morgan fingerprint density at radius 1 is 1.39 bits per heavy atom. The molecule has 0 radical (unpaired) electrons. The Morgan fingerprint density at radius 3 is 2.44 bits per heavy atom. The number of hydrogen-bond acceptors (Lipinski definition) is 4. The summed E-state index contributed by atoms with van der Waals surface area (Å²) in [5, 5.41) is 9.45. The molecule has 1 amide bonds. The van der Waals surface area contributed by atoms with Crippen molar-refractivity contribution in [3.63, 3.8) is 0 Å². The zero-order chi connectivity index (χ0) is 13.4. The summed E-state index contributed by atoms with van der Waals surface area (Å²) in [6.07, 6.45) is 1.58. The lowest BCUT2D eigenvalue weighted by Crippen LogP contribution is -2.45. The van der Waals surface area contributed by atoms with E-state index >= 15 is 0 Å². The monoisotopic (exact) mass is 257 g/mol. The van der Waals surface area contributed by atoms with Gasteiger partial charge in [0.25, 0.3) is 0 Å². The van der Waals surface area contributed by atoms with Gasteiger partial charge in [0.2, 0.25) is 0 Å². The molecule has 2 fully saturated rings. The highest BCUT2D eigenvalue weighted by molar-refractivity contribution is 5.68. The van der Waals surface area contributed by atoms with Crippen molar-refractivity contribution < 1.29 is 19.4 Å². The van der Waals surface area contributed by atoms with Crippen LogP contribution >= 0.6 is 0 Å². The van der Waals surface area contributed by atoms with Crippen LogP contribution in [-0.2, 0) is 9.47 Å². The van der Waals surface area contributed by atoms with Crippen LogP contribution in [0.25, 0.3) is 0 Å². The molecule has 0 bridgehead atoms. The number of aliphatic hydroxyl groups is 1. The summed E-state index contributed by atoms with van der Waals surface area (Å²) in [4.78, 5) is 13.7. The van der Waals surface area contributed by atoms with E-state index in [9.17, 15) is 9.90 Å². The lowest BCUT2D eigenvalue weighted by Gasteiger charge is -2.38. The number of nitrogens with zero attached hydrogens (tertiary/aromatic N) is 1. The van der Waals surface area contributed by atoms with E-state index in [1.807, 2.05) is 20.8 Å². The van der Waals surface area contributed by atoms with Crippen LogP contribution in [0.15, 0.2) is 0 Å². The molecule has 104 valence electrons. The molecule has 2 aliphatic heterocycles. The molecule has 0 aromatic rings. The van der Waals surface area contributed by atoms with Gasteiger partial charge in [0.1, 0.15) is 5.60 Å². The Bertz CT molecular complexity index is 315. The van der Waals surface area contributed by atoms with E-state index in [1.54, 1.807) is 4.90 Å². The van der Waals surface area contributed by atoms with Crippen LogP contribution in [0.1, 0.15) is 40.0 Å². The number of hydrogen-bond donors (Lipinski definition) is 1. The van der Waals surface area contributed by atoms with E-state index in [-0.39, 0.29) is 11.5 Å². The molecule has 5 nitrogen and oxygen atoms in total. The molecule has 0 saturated carbocycles. The van der Waals surface area contributed by atoms with E-state index in [0.717, 1.165) is 12.8 Å². The molecule has 2 heterocycles. The highest BCUT2D eigenvalue weighted by Crippen LogP contribution is 2.41. The highest BCUT2D eigenvalue weighted by atomic mass is 16.6. The van der Waals surface area contributed by atoms with Gasteiger partial charge in [-0.15, -0.1) is 0 Å². The van der Waals surface area contributed by atoms with E-state index in [2.05, 4.69) is 0 Å². The molecule has 1 unspecified atom stereocenters. The molecule has 0 aliphatic carbocycles. The summed E-state index contributed by atoms with van der Waals surface area (Å²) in [7, 11) is 0. The summed E-state index contributed by atoms with van der Waals surface area (Å²) in [6.45, 7) is 7.60. The molecule has 2 aliphatic rings. The van der Waals surface area contributed by atoms with Gasteiger partial charge in [0.15, 0.2) is 6.29 Å². The maximum atomic E-state index is 11.9. The van der Waals surface area contributed by atoms with Gasteiger partial charge < -0.3 is 19.5 Å². The molecule has 2 saturated heterocycles. The van der Waals surface area contributed by atoms with E-state index in [0.29, 0.717) is 26.1 Å². The molecule has 0 aromatic heterocycles. The molecule has 2 rings (SSSR count). The Balaban J connectivity index is 1.85. The Morgan fingerprint density at radius 2 is 2.00 bits per heavy atom. The maximum absolute atomic E-state index is 11.9. The first-order valence-corrected chi connectivity index (χ1v) is 6.57. The fraction of sp³-hybridized carbons (Fsp3) is 0.923. The van der Waals surface area contributed by atoms with Crippen LogP contribution < -0.4 is 0 Å². The van der Waals surface area contributed by atoms with Crippen LogP contribution in [0.4, 0.5) is 4.79 Å². The second-order valence-electron chi connectivity index (χ2n) is 6.44. The van der Waals surface area contributed by atoms with Gasteiger partial charge in [-0.25, -0.2) is 4.79 Å². The largest absolute Gasteiger partial charge is 0.444 e. The molecule has 18 heavy (non-hydrogen) atoms. The number of carbonyl (C=O) groups is 1. The van der Waals surface area contributed by atoms with Crippen molar-refractivity contribution in [1.82, 2.24) is 4.90 Å². The lowest BCUT2D eigenvalue weighted by atomic mass is 9.78. The minimum atomic E-state index is -0.627. The second kappa shape index (κ2) is 4.70. The normalized spacial score (nSPS) is 27.6. The average Bonchev–Trinajstić information content (AvgIpc) is 2.58. The number of rotatable bonds is 0. The molecule has 1 spiro atoms. The summed E-state index contributed by atoms with van der Waals surface area (Å²) >= 11 is 0. The number of carbonyl (C=O) groups excluding carboxylic acids is 1. The first-order valence-electron chi connectivity index (χ1n) is 6.57. The van der Waals surface area contributed by atoms with Gasteiger partial charge in [0.05, 0.1) is 6.61 Å². The molecule has 0 aromatic carbocycles. The second-order valence-corrected chi connectivity index (χ2v) is 6.44. The number of amides is 1. The summed E-state index contributed by atoms with van der Waals surface area (Å²) < 4.78 is 10.6. The van der Waals surface area contributed by atoms with Crippen LogP contribution in [0.3, 0.4) is 0 Å². The Labute approximate surface area is 108 Å². The van der Waals surface area contributed by atoms with Crippen molar-refractivity contribution in [3.05, 3.63) is 0 Å². The van der Waals surface area contributed by atoms with Crippen LogP contribution in [0.2, 0.25) is 0 Å². The van der Waals surface area contributed by atoms with Crippen LogP contribution in [0, 0.1) is 5.41 Å².